The van der Waals surface area contributed by atoms with E-state index in [2.05, 4.69) is 47.0 Å². The average Bonchev–Trinajstić information content (AvgIpc) is 3.06. The van der Waals surface area contributed by atoms with Crippen LogP contribution in [-0.2, 0) is 26.7 Å². The first kappa shape index (κ1) is 12.0. The number of anilines is 1. The van der Waals surface area contributed by atoms with E-state index in [0.29, 0.717) is 0 Å². The summed E-state index contributed by atoms with van der Waals surface area (Å²) in [5.74, 6) is 0.757. The lowest BCUT2D eigenvalue weighted by molar-refractivity contribution is 0.702. The van der Waals surface area contributed by atoms with Crippen molar-refractivity contribution < 1.29 is 0 Å². The Hall–Kier alpha value is -1.81. The monoisotopic (exact) mass is 268 g/mol. The summed E-state index contributed by atoms with van der Waals surface area (Å²) >= 11 is 0. The second kappa shape index (κ2) is 4.63. The molecule has 0 bridgehead atoms. The normalized spacial score (nSPS) is 17.2. The van der Waals surface area contributed by atoms with Crippen molar-refractivity contribution in [1.29, 1.82) is 0 Å². The van der Waals surface area contributed by atoms with E-state index in [0.717, 1.165) is 31.2 Å². The maximum atomic E-state index is 4.60. The summed E-state index contributed by atoms with van der Waals surface area (Å²) in [6, 6.07) is 8.88. The molecular formula is C16H20N4. The number of rotatable bonds is 4. The molecule has 2 heterocycles. The van der Waals surface area contributed by atoms with Crippen LogP contribution in [0.3, 0.4) is 0 Å². The number of hydrogen-bond donors (Lipinski definition) is 2. The van der Waals surface area contributed by atoms with E-state index in [1.165, 1.54) is 35.3 Å². The molecule has 104 valence electrons. The molecule has 1 aliphatic carbocycles. The summed E-state index contributed by atoms with van der Waals surface area (Å²) in [4.78, 5) is 0. The largest absolute Gasteiger partial charge is 0.379 e. The summed E-state index contributed by atoms with van der Waals surface area (Å²) in [5.41, 5.74) is 6.54. The Kier molecular flexibility index (Phi) is 2.77. The Morgan fingerprint density at radius 2 is 2.10 bits per heavy atom. The third-order valence-electron chi connectivity index (χ3n) is 4.27. The van der Waals surface area contributed by atoms with Crippen LogP contribution in [0.5, 0.6) is 0 Å². The van der Waals surface area contributed by atoms with Crippen molar-refractivity contribution >= 4 is 5.69 Å². The molecule has 0 atom stereocenters. The van der Waals surface area contributed by atoms with Gasteiger partial charge < -0.3 is 10.6 Å². The first-order chi connectivity index (χ1) is 9.79. The quantitative estimate of drug-likeness (QED) is 0.895. The van der Waals surface area contributed by atoms with Gasteiger partial charge in [0.25, 0.3) is 0 Å². The van der Waals surface area contributed by atoms with Gasteiger partial charge in [-0.15, -0.1) is 0 Å². The van der Waals surface area contributed by atoms with Gasteiger partial charge in [-0.3, -0.25) is 4.68 Å². The van der Waals surface area contributed by atoms with Gasteiger partial charge in [0, 0.05) is 37.4 Å². The number of aryl methyl sites for hydroxylation is 1. The number of hydrogen-bond acceptors (Lipinski definition) is 3. The molecule has 0 saturated heterocycles. The minimum atomic E-state index is 0.757. The lowest BCUT2D eigenvalue weighted by Gasteiger charge is -2.06. The zero-order valence-corrected chi connectivity index (χ0v) is 11.8. The van der Waals surface area contributed by atoms with Gasteiger partial charge in [0.2, 0.25) is 0 Å². The molecule has 0 radical (unpaired) electrons. The van der Waals surface area contributed by atoms with Crippen LogP contribution < -0.4 is 10.6 Å². The Labute approximate surface area is 119 Å². The second-order valence-corrected chi connectivity index (χ2v) is 5.90. The summed E-state index contributed by atoms with van der Waals surface area (Å²) in [7, 11) is 2.05. The molecule has 1 saturated carbocycles. The average molecular weight is 268 g/mol. The van der Waals surface area contributed by atoms with Crippen LogP contribution in [0.2, 0.25) is 0 Å². The molecule has 0 spiro atoms. The molecule has 2 N–H and O–H groups in total. The molecule has 4 rings (SSSR count). The second-order valence-electron chi connectivity index (χ2n) is 5.90. The van der Waals surface area contributed by atoms with E-state index in [9.17, 15) is 0 Å². The molecule has 1 aliphatic heterocycles. The fourth-order valence-electron chi connectivity index (χ4n) is 2.99. The summed E-state index contributed by atoms with van der Waals surface area (Å²) < 4.78 is 2.04. The van der Waals surface area contributed by atoms with Crippen LogP contribution in [0.15, 0.2) is 24.3 Å². The van der Waals surface area contributed by atoms with Crippen LogP contribution >= 0.6 is 0 Å². The van der Waals surface area contributed by atoms with Crippen molar-refractivity contribution in [2.24, 2.45) is 7.05 Å². The maximum Gasteiger partial charge on any atom is 0.0818 e. The fourth-order valence-corrected chi connectivity index (χ4v) is 2.99. The minimum Gasteiger partial charge on any atom is -0.379 e. The van der Waals surface area contributed by atoms with Crippen LogP contribution in [0.25, 0.3) is 0 Å². The highest BCUT2D eigenvalue weighted by molar-refractivity contribution is 5.50. The molecule has 1 aromatic carbocycles. The van der Waals surface area contributed by atoms with Crippen LogP contribution in [0.4, 0.5) is 5.69 Å². The lowest BCUT2D eigenvalue weighted by atomic mass is 10.1. The number of nitrogens with zero attached hydrogens (tertiary/aromatic N) is 2. The number of aromatic nitrogens is 2. The molecule has 20 heavy (non-hydrogen) atoms. The number of fused-ring (bicyclic) bond motifs is 1. The van der Waals surface area contributed by atoms with Crippen LogP contribution in [0.1, 0.15) is 41.3 Å². The van der Waals surface area contributed by atoms with Gasteiger partial charge in [0.1, 0.15) is 0 Å². The third-order valence-corrected chi connectivity index (χ3v) is 4.27. The van der Waals surface area contributed by atoms with E-state index >= 15 is 0 Å². The van der Waals surface area contributed by atoms with Crippen molar-refractivity contribution in [3.63, 3.8) is 0 Å². The van der Waals surface area contributed by atoms with Crippen molar-refractivity contribution in [1.82, 2.24) is 15.1 Å². The summed E-state index contributed by atoms with van der Waals surface area (Å²) in [6.45, 7) is 2.79. The predicted octanol–water partition coefficient (Wildman–Crippen LogP) is 2.51. The molecule has 2 aromatic rings. The molecule has 2 aliphatic rings. The molecule has 1 fully saturated rings. The number of nitrogens with one attached hydrogen (secondary N) is 2. The van der Waals surface area contributed by atoms with Gasteiger partial charge in [0.05, 0.1) is 12.2 Å². The molecule has 4 heteroatoms. The smallest absolute Gasteiger partial charge is 0.0818 e. The number of benzene rings is 1. The van der Waals surface area contributed by atoms with E-state index in [4.69, 9.17) is 0 Å². The maximum absolute atomic E-state index is 4.60. The van der Waals surface area contributed by atoms with Crippen LogP contribution in [-0.4, -0.2) is 9.78 Å². The first-order valence-electron chi connectivity index (χ1n) is 7.39. The molecule has 0 amide bonds. The molecule has 1 aromatic heterocycles. The zero-order chi connectivity index (χ0) is 13.5. The molecule has 0 unspecified atom stereocenters. The van der Waals surface area contributed by atoms with E-state index in [1.54, 1.807) is 0 Å². The summed E-state index contributed by atoms with van der Waals surface area (Å²) in [5, 5.41) is 11.5. The van der Waals surface area contributed by atoms with Crippen LogP contribution in [0, 0.1) is 0 Å². The Balaban J connectivity index is 1.46. The van der Waals surface area contributed by atoms with E-state index < -0.39 is 0 Å². The van der Waals surface area contributed by atoms with E-state index in [1.807, 2.05) is 4.68 Å². The van der Waals surface area contributed by atoms with Crippen molar-refractivity contribution in [2.75, 3.05) is 5.32 Å². The third kappa shape index (κ3) is 2.20. The van der Waals surface area contributed by atoms with Crippen molar-refractivity contribution in [3.8, 4) is 0 Å². The van der Waals surface area contributed by atoms with Crippen molar-refractivity contribution in [2.45, 2.75) is 38.4 Å². The lowest BCUT2D eigenvalue weighted by Crippen LogP contribution is -2.02. The highest BCUT2D eigenvalue weighted by Crippen LogP contribution is 2.39. The Bertz CT molecular complexity index is 640. The minimum absolute atomic E-state index is 0.757. The van der Waals surface area contributed by atoms with Gasteiger partial charge in [-0.25, -0.2) is 0 Å². The van der Waals surface area contributed by atoms with Gasteiger partial charge in [0.15, 0.2) is 0 Å². The fraction of sp³-hybridized carbons (Fsp3) is 0.438. The first-order valence-corrected chi connectivity index (χ1v) is 7.39. The standard InChI is InChI=1S/C16H20N4/c1-20-16(11-2-3-11)7-15(19-20)10-18-14-5-4-12-8-17-9-13(12)6-14/h4-7,11,17-18H,2-3,8-10H2,1H3. The van der Waals surface area contributed by atoms with Gasteiger partial charge in [-0.05, 0) is 42.2 Å². The SMILES string of the molecule is Cn1nc(CNc2ccc3c(c2)CNC3)cc1C1CC1. The topological polar surface area (TPSA) is 41.9 Å². The van der Waals surface area contributed by atoms with Gasteiger partial charge in [-0.1, -0.05) is 6.07 Å². The predicted molar refractivity (Wildman–Crippen MR) is 79.5 cm³/mol. The van der Waals surface area contributed by atoms with Crippen molar-refractivity contribution in [3.05, 3.63) is 46.8 Å². The summed E-state index contributed by atoms with van der Waals surface area (Å²) in [6.07, 6.45) is 2.65. The van der Waals surface area contributed by atoms with Gasteiger partial charge >= 0.3 is 0 Å². The highest BCUT2D eigenvalue weighted by Gasteiger charge is 2.27. The molecular weight excluding hydrogens is 248 g/mol. The van der Waals surface area contributed by atoms with Gasteiger partial charge in [-0.2, -0.15) is 5.10 Å². The molecule has 4 nitrogen and oxygen atoms in total. The Morgan fingerprint density at radius 3 is 2.95 bits per heavy atom. The highest BCUT2D eigenvalue weighted by atomic mass is 15.3. The zero-order valence-electron chi connectivity index (χ0n) is 11.8. The van der Waals surface area contributed by atoms with E-state index in [-0.39, 0.29) is 0 Å². The Morgan fingerprint density at radius 1 is 1.25 bits per heavy atom.